The fraction of sp³-hybridized carbons (Fsp3) is 0.455. The molecule has 0 atom stereocenters. The zero-order chi connectivity index (χ0) is 34.5. The minimum absolute atomic E-state index is 0.102. The molecule has 0 aliphatic heterocycles. The number of hydrogen-bond donors (Lipinski definition) is 0. The summed E-state index contributed by atoms with van der Waals surface area (Å²) >= 11 is 0. The average Bonchev–Trinajstić information content (AvgIpc) is 3.02. The standard InChI is InChI=1S/C33H37BF9NO3/c1-3-5-6-7-8-9-10-11-12-13-14-15-44(4-2)33-28(20-27(39)31(42)32(33)43)47-34(45-21-16-23(35)29(40)24(36)17-21)46-22-18-25(37)30(41)26(38)19-22/h16-20H,3-15H2,1-2H3. The van der Waals surface area contributed by atoms with Gasteiger partial charge in [-0.05, 0) is 13.3 Å². The van der Waals surface area contributed by atoms with Gasteiger partial charge in [-0.1, -0.05) is 71.1 Å². The molecule has 0 fully saturated rings. The maximum atomic E-state index is 15.3. The van der Waals surface area contributed by atoms with E-state index in [1.54, 1.807) is 6.92 Å². The molecular formula is C33H37BF9NO3. The first kappa shape index (κ1) is 37.7. The van der Waals surface area contributed by atoms with Crippen LogP contribution in [0.2, 0.25) is 0 Å². The molecule has 14 heteroatoms. The maximum absolute atomic E-state index is 15.3. The summed E-state index contributed by atoms with van der Waals surface area (Å²) < 4.78 is 143. The van der Waals surface area contributed by atoms with E-state index in [0.29, 0.717) is 36.8 Å². The van der Waals surface area contributed by atoms with Gasteiger partial charge in [-0.2, -0.15) is 0 Å². The minimum Gasteiger partial charge on any atom is -0.489 e. The molecule has 0 saturated heterocycles. The van der Waals surface area contributed by atoms with Gasteiger partial charge in [-0.15, -0.1) is 0 Å². The predicted octanol–water partition coefficient (Wildman–Crippen LogP) is 10.6. The van der Waals surface area contributed by atoms with E-state index in [0.717, 1.165) is 32.1 Å². The molecule has 3 rings (SSSR count). The van der Waals surface area contributed by atoms with Crippen molar-refractivity contribution in [1.29, 1.82) is 0 Å². The lowest BCUT2D eigenvalue weighted by molar-refractivity contribution is 0.299. The highest BCUT2D eigenvalue weighted by Gasteiger charge is 2.35. The SMILES string of the molecule is CCCCCCCCCCCCCN(CC)c1c(OB(Oc2cc(F)c(F)c(F)c2)Oc2cc(F)c(F)c(F)c2)cc(F)c(F)c1F. The molecule has 4 nitrogen and oxygen atoms in total. The smallest absolute Gasteiger partial charge is 0.489 e. The molecule has 0 saturated carbocycles. The molecule has 258 valence electrons. The van der Waals surface area contributed by atoms with Crippen molar-refractivity contribution in [2.45, 2.75) is 84.5 Å². The van der Waals surface area contributed by atoms with Crippen LogP contribution in [0.4, 0.5) is 45.2 Å². The molecular weight excluding hydrogens is 640 g/mol. The van der Waals surface area contributed by atoms with E-state index in [1.807, 2.05) is 0 Å². The van der Waals surface area contributed by atoms with Crippen LogP contribution in [0, 0.1) is 52.4 Å². The van der Waals surface area contributed by atoms with Crippen LogP contribution in [0.1, 0.15) is 84.5 Å². The monoisotopic (exact) mass is 677 g/mol. The first-order valence-electron chi connectivity index (χ1n) is 15.7. The van der Waals surface area contributed by atoms with E-state index < -0.39 is 82.6 Å². The van der Waals surface area contributed by atoms with Gasteiger partial charge in [0.15, 0.2) is 52.4 Å². The Balaban J connectivity index is 1.81. The Kier molecular flexibility index (Phi) is 14.9. The predicted molar refractivity (Wildman–Crippen MR) is 161 cm³/mol. The Bertz CT molecular complexity index is 1360. The molecule has 0 heterocycles. The van der Waals surface area contributed by atoms with Crippen LogP contribution in [0.5, 0.6) is 17.2 Å². The van der Waals surface area contributed by atoms with Crippen molar-refractivity contribution in [2.24, 2.45) is 0 Å². The van der Waals surface area contributed by atoms with Crippen LogP contribution in [0.15, 0.2) is 30.3 Å². The summed E-state index contributed by atoms with van der Waals surface area (Å²) in [6.07, 6.45) is 11.6. The van der Waals surface area contributed by atoms with Crippen molar-refractivity contribution in [3.05, 3.63) is 82.7 Å². The van der Waals surface area contributed by atoms with Crippen LogP contribution >= 0.6 is 0 Å². The highest BCUT2D eigenvalue weighted by Crippen LogP contribution is 2.36. The number of halogens is 9. The first-order chi connectivity index (χ1) is 22.5. The topological polar surface area (TPSA) is 30.9 Å². The third kappa shape index (κ3) is 10.9. The molecule has 0 aromatic heterocycles. The fourth-order valence-electron chi connectivity index (χ4n) is 4.94. The van der Waals surface area contributed by atoms with Gasteiger partial charge < -0.3 is 18.9 Å². The lowest BCUT2D eigenvalue weighted by Gasteiger charge is -2.27. The van der Waals surface area contributed by atoms with Gasteiger partial charge in [0.05, 0.1) is 0 Å². The number of anilines is 1. The molecule has 0 N–H and O–H groups in total. The third-order valence-electron chi connectivity index (χ3n) is 7.43. The van der Waals surface area contributed by atoms with E-state index >= 15 is 4.39 Å². The van der Waals surface area contributed by atoms with Gasteiger partial charge >= 0.3 is 7.32 Å². The van der Waals surface area contributed by atoms with Crippen LogP contribution in [0.3, 0.4) is 0 Å². The Hall–Kier alpha value is -3.71. The second kappa shape index (κ2) is 18.6. The lowest BCUT2D eigenvalue weighted by Crippen LogP contribution is -2.38. The van der Waals surface area contributed by atoms with Crippen molar-refractivity contribution in [1.82, 2.24) is 0 Å². The van der Waals surface area contributed by atoms with E-state index in [-0.39, 0.29) is 13.1 Å². The normalized spacial score (nSPS) is 11.1. The fourth-order valence-corrected chi connectivity index (χ4v) is 4.94. The summed E-state index contributed by atoms with van der Waals surface area (Å²) in [6, 6.07) is 1.97. The van der Waals surface area contributed by atoms with Gasteiger partial charge in [0.2, 0.25) is 0 Å². The Morgan fingerprint density at radius 1 is 0.489 bits per heavy atom. The summed E-state index contributed by atoms with van der Waals surface area (Å²) in [5, 5.41) is 0. The molecule has 0 unspecified atom stereocenters. The van der Waals surface area contributed by atoms with Crippen LogP contribution in [-0.4, -0.2) is 20.4 Å². The summed E-state index contributed by atoms with van der Waals surface area (Å²) in [5.74, 6) is -17.8. The maximum Gasteiger partial charge on any atom is 0.864 e. The second-order valence-electron chi connectivity index (χ2n) is 11.0. The van der Waals surface area contributed by atoms with Crippen molar-refractivity contribution in [3.8, 4) is 17.2 Å². The molecule has 0 aliphatic carbocycles. The van der Waals surface area contributed by atoms with Gasteiger partial charge in [0, 0.05) is 43.4 Å². The quantitative estimate of drug-likeness (QED) is 0.0516. The van der Waals surface area contributed by atoms with Gasteiger partial charge in [0.25, 0.3) is 0 Å². The van der Waals surface area contributed by atoms with Crippen LogP contribution in [0.25, 0.3) is 0 Å². The highest BCUT2D eigenvalue weighted by atomic mass is 19.2. The Labute approximate surface area is 269 Å². The van der Waals surface area contributed by atoms with Crippen LogP contribution < -0.4 is 18.9 Å². The number of benzene rings is 3. The number of unbranched alkanes of at least 4 members (excludes halogenated alkanes) is 10. The van der Waals surface area contributed by atoms with Crippen molar-refractivity contribution >= 4 is 13.0 Å². The zero-order valence-corrected chi connectivity index (χ0v) is 26.2. The van der Waals surface area contributed by atoms with Gasteiger partial charge in [-0.25, -0.2) is 39.5 Å². The van der Waals surface area contributed by atoms with Crippen LogP contribution in [-0.2, 0) is 0 Å². The van der Waals surface area contributed by atoms with E-state index in [2.05, 4.69) is 6.92 Å². The summed E-state index contributed by atoms with van der Waals surface area (Å²) in [5.41, 5.74) is -0.552. The summed E-state index contributed by atoms with van der Waals surface area (Å²) in [7, 11) is -2.33. The van der Waals surface area contributed by atoms with Crippen molar-refractivity contribution in [2.75, 3.05) is 18.0 Å². The van der Waals surface area contributed by atoms with Crippen molar-refractivity contribution < 1.29 is 53.5 Å². The number of hydrogen-bond acceptors (Lipinski definition) is 4. The molecule has 0 bridgehead atoms. The molecule has 0 spiro atoms. The Morgan fingerprint density at radius 2 is 0.894 bits per heavy atom. The van der Waals surface area contributed by atoms with E-state index in [9.17, 15) is 35.1 Å². The molecule has 3 aromatic rings. The molecule has 3 aromatic carbocycles. The molecule has 0 amide bonds. The van der Waals surface area contributed by atoms with Crippen molar-refractivity contribution in [3.63, 3.8) is 0 Å². The molecule has 47 heavy (non-hydrogen) atoms. The first-order valence-corrected chi connectivity index (χ1v) is 15.7. The Morgan fingerprint density at radius 3 is 1.32 bits per heavy atom. The van der Waals surface area contributed by atoms with E-state index in [4.69, 9.17) is 14.0 Å². The highest BCUT2D eigenvalue weighted by molar-refractivity contribution is 6.39. The number of rotatable bonds is 20. The molecule has 0 radical (unpaired) electrons. The average molecular weight is 677 g/mol. The molecule has 0 aliphatic rings. The van der Waals surface area contributed by atoms with E-state index in [1.165, 1.54) is 37.0 Å². The van der Waals surface area contributed by atoms with Gasteiger partial charge in [-0.3, -0.25) is 0 Å². The second-order valence-corrected chi connectivity index (χ2v) is 11.0. The minimum atomic E-state index is -2.33. The summed E-state index contributed by atoms with van der Waals surface area (Å²) in [6.45, 7) is 4.09. The third-order valence-corrected chi connectivity index (χ3v) is 7.43. The summed E-state index contributed by atoms with van der Waals surface area (Å²) in [4.78, 5) is 1.37. The number of nitrogens with zero attached hydrogens (tertiary/aromatic N) is 1. The van der Waals surface area contributed by atoms with Gasteiger partial charge in [0.1, 0.15) is 22.9 Å². The lowest BCUT2D eigenvalue weighted by atomic mass is 10.1. The largest absolute Gasteiger partial charge is 0.864 e. The zero-order valence-electron chi connectivity index (χ0n) is 26.2.